The van der Waals surface area contributed by atoms with Crippen molar-refractivity contribution in [3.8, 4) is 0 Å². The van der Waals surface area contributed by atoms with Crippen molar-refractivity contribution in [2.24, 2.45) is 0 Å². The number of nitrogen functional groups attached to an aromatic ring is 1. The van der Waals surface area contributed by atoms with Crippen molar-refractivity contribution in [1.29, 1.82) is 0 Å². The fourth-order valence-electron chi connectivity index (χ4n) is 2.31. The summed E-state index contributed by atoms with van der Waals surface area (Å²) >= 11 is 2.00. The maximum absolute atomic E-state index is 5.67. The van der Waals surface area contributed by atoms with Crippen molar-refractivity contribution >= 4 is 23.1 Å². The normalized spacial score (nSPS) is 25.3. The first-order valence-corrected chi connectivity index (χ1v) is 7.21. The zero-order chi connectivity index (χ0) is 11.4. The highest BCUT2D eigenvalue weighted by Crippen LogP contribution is 2.28. The number of hydrogen-bond acceptors (Lipinski definition) is 3. The minimum atomic E-state index is 0.634. The second-order valence-corrected chi connectivity index (χ2v) is 5.63. The van der Waals surface area contributed by atoms with E-state index in [0.29, 0.717) is 6.04 Å². The Balaban J connectivity index is 1.91. The van der Waals surface area contributed by atoms with Gasteiger partial charge in [-0.2, -0.15) is 11.8 Å². The van der Waals surface area contributed by atoms with Crippen LogP contribution in [0.25, 0.3) is 0 Å². The molecule has 16 heavy (non-hydrogen) atoms. The van der Waals surface area contributed by atoms with E-state index >= 15 is 0 Å². The average molecular weight is 236 g/mol. The van der Waals surface area contributed by atoms with Gasteiger partial charge in [0.15, 0.2) is 0 Å². The molecule has 0 bridgehead atoms. The van der Waals surface area contributed by atoms with Crippen LogP contribution in [0.4, 0.5) is 11.4 Å². The summed E-state index contributed by atoms with van der Waals surface area (Å²) in [7, 11) is 0. The lowest BCUT2D eigenvalue weighted by atomic mass is 9.95. The van der Waals surface area contributed by atoms with Crippen LogP contribution >= 0.6 is 11.8 Å². The highest BCUT2D eigenvalue weighted by atomic mass is 32.2. The third-order valence-corrected chi connectivity index (χ3v) is 4.34. The number of benzene rings is 1. The highest BCUT2D eigenvalue weighted by Gasteiger charge is 2.20. The molecular formula is C13H20N2S. The van der Waals surface area contributed by atoms with Gasteiger partial charge in [0.2, 0.25) is 0 Å². The maximum Gasteiger partial charge on any atom is 0.0343 e. The van der Waals surface area contributed by atoms with Gasteiger partial charge in [0.05, 0.1) is 0 Å². The molecule has 88 valence electrons. The summed E-state index contributed by atoms with van der Waals surface area (Å²) < 4.78 is 0. The summed E-state index contributed by atoms with van der Waals surface area (Å²) in [5.74, 6) is 0. The third kappa shape index (κ3) is 3.08. The minimum absolute atomic E-state index is 0.634. The molecule has 0 saturated heterocycles. The van der Waals surface area contributed by atoms with Gasteiger partial charge in [-0.15, -0.1) is 0 Å². The van der Waals surface area contributed by atoms with Crippen LogP contribution in [0.3, 0.4) is 0 Å². The smallest absolute Gasteiger partial charge is 0.0343 e. The number of hydrogen-bond donors (Lipinski definition) is 2. The van der Waals surface area contributed by atoms with Crippen LogP contribution in [0, 0.1) is 0 Å². The molecule has 3 N–H and O–H groups in total. The number of anilines is 2. The Morgan fingerprint density at radius 1 is 1.25 bits per heavy atom. The van der Waals surface area contributed by atoms with E-state index in [-0.39, 0.29) is 0 Å². The predicted molar refractivity (Wildman–Crippen MR) is 74.0 cm³/mol. The van der Waals surface area contributed by atoms with Crippen molar-refractivity contribution in [1.82, 2.24) is 0 Å². The van der Waals surface area contributed by atoms with Gasteiger partial charge in [-0.25, -0.2) is 0 Å². The van der Waals surface area contributed by atoms with Crippen LogP contribution in [0.15, 0.2) is 24.3 Å². The van der Waals surface area contributed by atoms with Crippen LogP contribution in [-0.2, 0) is 0 Å². The van der Waals surface area contributed by atoms with Crippen LogP contribution in [-0.4, -0.2) is 17.5 Å². The molecule has 1 fully saturated rings. The van der Waals surface area contributed by atoms with Crippen LogP contribution < -0.4 is 11.1 Å². The Kier molecular flexibility index (Phi) is 3.99. The summed E-state index contributed by atoms with van der Waals surface area (Å²) in [6.07, 6.45) is 7.52. The van der Waals surface area contributed by atoms with Gasteiger partial charge < -0.3 is 11.1 Å². The predicted octanol–water partition coefficient (Wildman–Crippen LogP) is 3.35. The van der Waals surface area contributed by atoms with Crippen molar-refractivity contribution in [2.75, 3.05) is 17.3 Å². The zero-order valence-electron chi connectivity index (χ0n) is 9.78. The molecule has 0 amide bonds. The maximum atomic E-state index is 5.67. The van der Waals surface area contributed by atoms with Crippen LogP contribution in [0.5, 0.6) is 0 Å². The monoisotopic (exact) mass is 236 g/mol. The summed E-state index contributed by atoms with van der Waals surface area (Å²) in [4.78, 5) is 0. The van der Waals surface area contributed by atoms with E-state index in [1.54, 1.807) is 0 Å². The molecule has 1 saturated carbocycles. The molecular weight excluding hydrogens is 216 g/mol. The van der Waals surface area contributed by atoms with E-state index in [0.717, 1.165) is 10.9 Å². The quantitative estimate of drug-likeness (QED) is 0.790. The molecule has 3 heteroatoms. The van der Waals surface area contributed by atoms with Crippen molar-refractivity contribution < 1.29 is 0 Å². The van der Waals surface area contributed by atoms with Crippen molar-refractivity contribution in [3.63, 3.8) is 0 Å². The third-order valence-electron chi connectivity index (χ3n) is 3.24. The van der Waals surface area contributed by atoms with Crippen molar-refractivity contribution in [2.45, 2.75) is 37.0 Å². The molecule has 1 aromatic rings. The summed E-state index contributed by atoms with van der Waals surface area (Å²) in [5, 5.41) is 4.44. The Bertz CT molecular complexity index is 323. The number of nitrogens with two attached hydrogens (primary N) is 1. The molecule has 0 aliphatic heterocycles. The standard InChI is InChI=1S/C13H20N2S/c1-16-13-4-2-3-12(9-13)15-11-7-5-10(14)6-8-11/h5-8,12-13,15H,2-4,9,14H2,1H3. The molecule has 1 aromatic carbocycles. The zero-order valence-corrected chi connectivity index (χ0v) is 10.6. The lowest BCUT2D eigenvalue weighted by molar-refractivity contribution is 0.474. The second kappa shape index (κ2) is 5.48. The first-order valence-electron chi connectivity index (χ1n) is 5.93. The molecule has 1 aliphatic carbocycles. The fraction of sp³-hybridized carbons (Fsp3) is 0.538. The lowest BCUT2D eigenvalue weighted by Gasteiger charge is -2.29. The molecule has 0 aromatic heterocycles. The van der Waals surface area contributed by atoms with Crippen LogP contribution in [0.1, 0.15) is 25.7 Å². The van der Waals surface area contributed by atoms with Gasteiger partial charge in [-0.05, 0) is 49.8 Å². The second-order valence-electron chi connectivity index (χ2n) is 4.49. The van der Waals surface area contributed by atoms with E-state index in [2.05, 4.69) is 23.7 Å². The van der Waals surface area contributed by atoms with Crippen LogP contribution in [0.2, 0.25) is 0 Å². The van der Waals surface area contributed by atoms with Gasteiger partial charge in [0.25, 0.3) is 0 Å². The van der Waals surface area contributed by atoms with E-state index in [1.165, 1.54) is 31.4 Å². The molecule has 2 nitrogen and oxygen atoms in total. The largest absolute Gasteiger partial charge is 0.399 e. The molecule has 2 rings (SSSR count). The first kappa shape index (κ1) is 11.6. The first-order chi connectivity index (χ1) is 7.78. The number of nitrogens with one attached hydrogen (secondary N) is 1. The Hall–Kier alpha value is -0.830. The Labute approximate surface area is 102 Å². The molecule has 1 aliphatic rings. The van der Waals surface area contributed by atoms with Gasteiger partial charge in [-0.1, -0.05) is 6.42 Å². The summed E-state index contributed by atoms with van der Waals surface area (Å²) in [6, 6.07) is 8.68. The topological polar surface area (TPSA) is 38.0 Å². The lowest BCUT2D eigenvalue weighted by Crippen LogP contribution is -2.28. The van der Waals surface area contributed by atoms with Gasteiger partial charge in [0.1, 0.15) is 0 Å². The summed E-state index contributed by atoms with van der Waals surface area (Å²) in [6.45, 7) is 0. The van der Waals surface area contributed by atoms with E-state index in [1.807, 2.05) is 23.9 Å². The Morgan fingerprint density at radius 3 is 2.69 bits per heavy atom. The summed E-state index contributed by atoms with van der Waals surface area (Å²) in [5.41, 5.74) is 7.70. The highest BCUT2D eigenvalue weighted by molar-refractivity contribution is 7.99. The molecule has 0 radical (unpaired) electrons. The molecule has 2 atom stereocenters. The van der Waals surface area contributed by atoms with Gasteiger partial charge in [-0.3, -0.25) is 0 Å². The Morgan fingerprint density at radius 2 is 2.00 bits per heavy atom. The van der Waals surface area contributed by atoms with Crippen molar-refractivity contribution in [3.05, 3.63) is 24.3 Å². The molecule has 2 unspecified atom stereocenters. The SMILES string of the molecule is CSC1CCCC(Nc2ccc(N)cc2)C1. The van der Waals surface area contributed by atoms with E-state index in [4.69, 9.17) is 5.73 Å². The molecule has 0 spiro atoms. The van der Waals surface area contributed by atoms with Gasteiger partial charge in [0, 0.05) is 22.7 Å². The van der Waals surface area contributed by atoms with E-state index in [9.17, 15) is 0 Å². The average Bonchev–Trinajstić information content (AvgIpc) is 2.32. The van der Waals surface area contributed by atoms with E-state index < -0.39 is 0 Å². The number of rotatable bonds is 3. The molecule has 0 heterocycles. The fourth-order valence-corrected chi connectivity index (χ4v) is 3.13. The van der Waals surface area contributed by atoms with Gasteiger partial charge >= 0.3 is 0 Å². The number of thioether (sulfide) groups is 1. The minimum Gasteiger partial charge on any atom is -0.399 e.